The molecular formula is C10H8ClN3. The quantitative estimate of drug-likeness (QED) is 0.694. The van der Waals surface area contributed by atoms with Crippen LogP contribution < -0.4 is 5.32 Å². The topological polar surface area (TPSA) is 40.7 Å². The molecule has 0 saturated carbocycles. The van der Waals surface area contributed by atoms with E-state index in [0.29, 0.717) is 0 Å². The predicted octanol–water partition coefficient (Wildman–Crippen LogP) is 2.66. The lowest BCUT2D eigenvalue weighted by Crippen LogP contribution is -2.08. The molecule has 4 heteroatoms. The molecule has 2 aromatic rings. The molecule has 0 aliphatic carbocycles. The smallest absolute Gasteiger partial charge is 0.0644 e. The monoisotopic (exact) mass is 205 g/mol. The normalized spacial score (nSPS) is 12.9. The van der Waals surface area contributed by atoms with E-state index < -0.39 is 0 Å². The third-order valence-corrected chi connectivity index (χ3v) is 2.78. The fourth-order valence-corrected chi connectivity index (χ4v) is 2.03. The number of benzene rings is 1. The lowest BCUT2D eigenvalue weighted by molar-refractivity contribution is 0.977. The average Bonchev–Trinajstić information content (AvgIpc) is 2.66. The third-order valence-electron chi connectivity index (χ3n) is 2.46. The molecule has 1 aliphatic rings. The van der Waals surface area contributed by atoms with Gasteiger partial charge in [-0.15, -0.1) is 0 Å². The van der Waals surface area contributed by atoms with Crippen LogP contribution >= 0.6 is 11.6 Å². The van der Waals surface area contributed by atoms with Crippen LogP contribution in [0.5, 0.6) is 0 Å². The standard InChI is InChI=1S/C10H8ClN3/c11-8-3-1-2-6-7-4-13-14-9(7)5-12-10(6)8/h1-4,12H,5H2,(H,13,14). The van der Waals surface area contributed by atoms with Crippen LogP contribution in [-0.4, -0.2) is 10.2 Å². The van der Waals surface area contributed by atoms with E-state index in [2.05, 4.69) is 15.5 Å². The van der Waals surface area contributed by atoms with Gasteiger partial charge in [0, 0.05) is 11.1 Å². The lowest BCUT2D eigenvalue weighted by Gasteiger charge is -2.18. The number of nitrogens with one attached hydrogen (secondary N) is 2. The fourth-order valence-electron chi connectivity index (χ4n) is 1.78. The number of anilines is 1. The summed E-state index contributed by atoms with van der Waals surface area (Å²) < 4.78 is 0. The van der Waals surface area contributed by atoms with Crippen LogP contribution in [0.25, 0.3) is 11.1 Å². The van der Waals surface area contributed by atoms with Crippen molar-refractivity contribution in [3.8, 4) is 11.1 Å². The molecule has 0 atom stereocenters. The molecule has 0 radical (unpaired) electrons. The van der Waals surface area contributed by atoms with Gasteiger partial charge < -0.3 is 5.32 Å². The maximum absolute atomic E-state index is 6.08. The zero-order valence-corrected chi connectivity index (χ0v) is 8.10. The molecule has 1 aliphatic heterocycles. The molecule has 3 rings (SSSR count). The van der Waals surface area contributed by atoms with Gasteiger partial charge in [-0.05, 0) is 6.07 Å². The van der Waals surface area contributed by atoms with Gasteiger partial charge in [-0.3, -0.25) is 5.10 Å². The van der Waals surface area contributed by atoms with E-state index in [1.165, 1.54) is 0 Å². The van der Waals surface area contributed by atoms with Crippen molar-refractivity contribution < 1.29 is 0 Å². The molecule has 1 aromatic heterocycles. The number of halogens is 1. The van der Waals surface area contributed by atoms with Crippen LogP contribution in [0, 0.1) is 0 Å². The number of H-pyrrole nitrogens is 1. The van der Waals surface area contributed by atoms with E-state index in [4.69, 9.17) is 11.6 Å². The molecule has 1 aromatic carbocycles. The van der Waals surface area contributed by atoms with Gasteiger partial charge in [0.1, 0.15) is 0 Å². The van der Waals surface area contributed by atoms with Gasteiger partial charge in [0.05, 0.1) is 29.1 Å². The molecule has 0 spiro atoms. The average molecular weight is 206 g/mol. The summed E-state index contributed by atoms with van der Waals surface area (Å²) >= 11 is 6.08. The number of hydrogen-bond donors (Lipinski definition) is 2. The summed E-state index contributed by atoms with van der Waals surface area (Å²) in [7, 11) is 0. The van der Waals surface area contributed by atoms with Gasteiger partial charge in [0.25, 0.3) is 0 Å². The SMILES string of the molecule is Clc1cccc2c1NCc1[nH]ncc1-2. The molecule has 0 fully saturated rings. The first kappa shape index (κ1) is 7.88. The van der Waals surface area contributed by atoms with Crippen molar-refractivity contribution in [3.05, 3.63) is 35.1 Å². The summed E-state index contributed by atoms with van der Waals surface area (Å²) in [6, 6.07) is 5.88. The Morgan fingerprint density at radius 1 is 1.29 bits per heavy atom. The molecule has 14 heavy (non-hydrogen) atoms. The third kappa shape index (κ3) is 0.960. The second kappa shape index (κ2) is 2.75. The Hall–Kier alpha value is -1.48. The Labute approximate surface area is 86.1 Å². The highest BCUT2D eigenvalue weighted by Crippen LogP contribution is 2.38. The number of rotatable bonds is 0. The second-order valence-corrected chi connectivity index (χ2v) is 3.69. The van der Waals surface area contributed by atoms with Crippen LogP contribution in [0.3, 0.4) is 0 Å². The molecule has 70 valence electrons. The predicted molar refractivity (Wildman–Crippen MR) is 56.4 cm³/mol. The summed E-state index contributed by atoms with van der Waals surface area (Å²) in [6.07, 6.45) is 1.84. The van der Waals surface area contributed by atoms with E-state index in [-0.39, 0.29) is 0 Å². The minimum Gasteiger partial charge on any atom is -0.378 e. The molecule has 0 amide bonds. The highest BCUT2D eigenvalue weighted by Gasteiger charge is 2.18. The Balaban J connectivity index is 2.31. The summed E-state index contributed by atoms with van der Waals surface area (Å²) in [6.45, 7) is 0.756. The Kier molecular flexibility index (Phi) is 1.55. The van der Waals surface area contributed by atoms with Crippen molar-refractivity contribution in [2.45, 2.75) is 6.54 Å². The minimum absolute atomic E-state index is 0.756. The first-order valence-corrected chi connectivity index (χ1v) is 4.79. The van der Waals surface area contributed by atoms with E-state index in [1.54, 1.807) is 0 Å². The van der Waals surface area contributed by atoms with Crippen molar-refractivity contribution in [2.24, 2.45) is 0 Å². The van der Waals surface area contributed by atoms with E-state index in [9.17, 15) is 0 Å². The lowest BCUT2D eigenvalue weighted by atomic mass is 10.0. The largest absolute Gasteiger partial charge is 0.378 e. The molecule has 3 nitrogen and oxygen atoms in total. The van der Waals surface area contributed by atoms with Crippen molar-refractivity contribution in [1.82, 2.24) is 10.2 Å². The van der Waals surface area contributed by atoms with Crippen LogP contribution in [0.4, 0.5) is 5.69 Å². The maximum atomic E-state index is 6.08. The van der Waals surface area contributed by atoms with Gasteiger partial charge in [0.15, 0.2) is 0 Å². The van der Waals surface area contributed by atoms with Crippen LogP contribution in [0.2, 0.25) is 5.02 Å². The van der Waals surface area contributed by atoms with Gasteiger partial charge in [-0.2, -0.15) is 5.10 Å². The van der Waals surface area contributed by atoms with E-state index in [0.717, 1.165) is 34.1 Å². The summed E-state index contributed by atoms with van der Waals surface area (Å²) in [4.78, 5) is 0. The van der Waals surface area contributed by atoms with Gasteiger partial charge in [-0.25, -0.2) is 0 Å². The highest BCUT2D eigenvalue weighted by atomic mass is 35.5. The van der Waals surface area contributed by atoms with Gasteiger partial charge >= 0.3 is 0 Å². The van der Waals surface area contributed by atoms with E-state index in [1.807, 2.05) is 24.4 Å². The van der Waals surface area contributed by atoms with Gasteiger partial charge in [0.2, 0.25) is 0 Å². The van der Waals surface area contributed by atoms with Crippen LogP contribution in [0.15, 0.2) is 24.4 Å². The van der Waals surface area contributed by atoms with Crippen LogP contribution in [-0.2, 0) is 6.54 Å². The first-order valence-electron chi connectivity index (χ1n) is 4.41. The number of aromatic nitrogens is 2. The highest BCUT2D eigenvalue weighted by molar-refractivity contribution is 6.34. The number of aromatic amines is 1. The number of nitrogens with zero attached hydrogens (tertiary/aromatic N) is 1. The van der Waals surface area contributed by atoms with E-state index >= 15 is 0 Å². The van der Waals surface area contributed by atoms with Crippen molar-refractivity contribution in [3.63, 3.8) is 0 Å². The Morgan fingerprint density at radius 3 is 3.14 bits per heavy atom. The van der Waals surface area contributed by atoms with Crippen molar-refractivity contribution in [2.75, 3.05) is 5.32 Å². The van der Waals surface area contributed by atoms with Crippen LogP contribution in [0.1, 0.15) is 5.69 Å². The van der Waals surface area contributed by atoms with Gasteiger partial charge in [-0.1, -0.05) is 23.7 Å². The minimum atomic E-state index is 0.756. The molecular weight excluding hydrogens is 198 g/mol. The molecule has 0 unspecified atom stereocenters. The number of fused-ring (bicyclic) bond motifs is 3. The number of hydrogen-bond acceptors (Lipinski definition) is 2. The fraction of sp³-hybridized carbons (Fsp3) is 0.100. The zero-order chi connectivity index (χ0) is 9.54. The zero-order valence-electron chi connectivity index (χ0n) is 7.34. The molecule has 2 N–H and O–H groups in total. The Bertz CT molecular complexity index is 490. The molecule has 0 bridgehead atoms. The van der Waals surface area contributed by atoms with Crippen molar-refractivity contribution >= 4 is 17.3 Å². The summed E-state index contributed by atoms with van der Waals surface area (Å²) in [5, 5.41) is 11.0. The maximum Gasteiger partial charge on any atom is 0.0644 e. The second-order valence-electron chi connectivity index (χ2n) is 3.28. The Morgan fingerprint density at radius 2 is 2.21 bits per heavy atom. The summed E-state index contributed by atoms with van der Waals surface area (Å²) in [5.74, 6) is 0. The molecule has 0 saturated heterocycles. The molecule has 2 heterocycles. The summed E-state index contributed by atoms with van der Waals surface area (Å²) in [5.41, 5.74) is 4.37. The number of para-hydroxylation sites is 1. The first-order chi connectivity index (χ1) is 6.86. The van der Waals surface area contributed by atoms with Crippen molar-refractivity contribution in [1.29, 1.82) is 0 Å².